The Morgan fingerprint density at radius 3 is 2.76 bits per heavy atom. The van der Waals surface area contributed by atoms with E-state index in [1.807, 2.05) is 12.1 Å². The summed E-state index contributed by atoms with van der Waals surface area (Å²) >= 11 is 3.29. The van der Waals surface area contributed by atoms with Gasteiger partial charge in [-0.25, -0.2) is 0 Å². The highest BCUT2D eigenvalue weighted by Gasteiger charge is 2.11. The van der Waals surface area contributed by atoms with Crippen LogP contribution >= 0.6 is 15.9 Å². The maximum atomic E-state index is 11.5. The molecule has 0 aliphatic heterocycles. The first-order valence-electron chi connectivity index (χ1n) is 4.72. The average molecular weight is 298 g/mol. The molecule has 0 saturated heterocycles. The largest absolute Gasteiger partial charge is 0.539 e. The molecule has 7 heteroatoms. The monoisotopic (exact) mass is 297 g/mol. The van der Waals surface area contributed by atoms with Gasteiger partial charge in [0.1, 0.15) is 5.95 Å². The van der Waals surface area contributed by atoms with Crippen LogP contribution in [0, 0.1) is 0 Å². The molecule has 1 amide bonds. The van der Waals surface area contributed by atoms with Crippen LogP contribution in [0.15, 0.2) is 39.5 Å². The lowest BCUT2D eigenvalue weighted by molar-refractivity contribution is -0.750. The summed E-state index contributed by atoms with van der Waals surface area (Å²) in [5.74, 6) is -0.868. The summed E-state index contributed by atoms with van der Waals surface area (Å²) in [5.41, 5.74) is 0.671. The summed E-state index contributed by atoms with van der Waals surface area (Å²) in [6.45, 7) is -0.0677. The average Bonchev–Trinajstić information content (AvgIpc) is 2.67. The minimum atomic E-state index is -0.582. The second-order valence-electron chi connectivity index (χ2n) is 3.27. The van der Waals surface area contributed by atoms with Crippen molar-refractivity contribution in [2.24, 2.45) is 0 Å². The third-order valence-corrected chi connectivity index (χ3v) is 2.45. The van der Waals surface area contributed by atoms with Crippen LogP contribution in [-0.4, -0.2) is 11.2 Å². The number of benzene rings is 1. The van der Waals surface area contributed by atoms with Gasteiger partial charge in [0, 0.05) is 10.2 Å². The Morgan fingerprint density at radius 1 is 1.47 bits per heavy atom. The SMILES string of the molecule is O=C(C[n+]1cc([O-])on1)Nc1ccc(Br)cc1. The highest BCUT2D eigenvalue weighted by Crippen LogP contribution is 2.13. The van der Waals surface area contributed by atoms with Crippen LogP contribution in [0.5, 0.6) is 5.95 Å². The van der Waals surface area contributed by atoms with Crippen LogP contribution in [0.3, 0.4) is 0 Å². The standard InChI is InChI=1S/C10H8BrN3O3/c11-7-1-3-8(4-2-7)12-9(15)5-14-6-10(16)17-13-14/h1-4,6H,5H2,(H-,12,13,15,16). The third-order valence-electron chi connectivity index (χ3n) is 1.92. The maximum absolute atomic E-state index is 11.5. The molecule has 0 bridgehead atoms. The van der Waals surface area contributed by atoms with Gasteiger partial charge in [-0.3, -0.25) is 4.79 Å². The number of carbonyl (C=O) groups excluding carboxylic acids is 1. The Balaban J connectivity index is 1.95. The molecule has 6 nitrogen and oxygen atoms in total. The molecular formula is C10H8BrN3O3. The first-order chi connectivity index (χ1) is 8.13. The number of halogens is 1. The quantitative estimate of drug-likeness (QED) is 0.833. The number of carbonyl (C=O) groups is 1. The Hall–Kier alpha value is -1.89. The Bertz CT molecular complexity index is 524. The third kappa shape index (κ3) is 3.28. The molecule has 0 saturated carbocycles. The van der Waals surface area contributed by atoms with Crippen LogP contribution in [-0.2, 0) is 11.3 Å². The molecule has 0 aliphatic carbocycles. The van der Waals surface area contributed by atoms with E-state index in [1.54, 1.807) is 12.1 Å². The van der Waals surface area contributed by atoms with Gasteiger partial charge in [-0.1, -0.05) is 20.6 Å². The van der Waals surface area contributed by atoms with Crippen LogP contribution in [0.1, 0.15) is 0 Å². The fourth-order valence-electron chi connectivity index (χ4n) is 1.22. The molecular weight excluding hydrogens is 290 g/mol. The van der Waals surface area contributed by atoms with Gasteiger partial charge >= 0.3 is 0 Å². The second kappa shape index (κ2) is 4.96. The van der Waals surface area contributed by atoms with Crippen molar-refractivity contribution in [2.45, 2.75) is 6.54 Å². The number of nitrogens with zero attached hydrogens (tertiary/aromatic N) is 2. The molecule has 2 rings (SSSR count). The van der Waals surface area contributed by atoms with Crippen molar-refractivity contribution in [3.05, 3.63) is 34.9 Å². The smallest absolute Gasteiger partial charge is 0.292 e. The summed E-state index contributed by atoms with van der Waals surface area (Å²) < 4.78 is 6.37. The summed E-state index contributed by atoms with van der Waals surface area (Å²) in [6, 6.07) is 7.14. The van der Waals surface area contributed by atoms with Gasteiger partial charge in [-0.2, -0.15) is 0 Å². The maximum Gasteiger partial charge on any atom is 0.292 e. The van der Waals surface area contributed by atoms with E-state index in [1.165, 1.54) is 0 Å². The lowest BCUT2D eigenvalue weighted by Crippen LogP contribution is -2.41. The number of aromatic nitrogens is 2. The van der Waals surface area contributed by atoms with Crippen molar-refractivity contribution in [3.8, 4) is 5.95 Å². The molecule has 1 aromatic heterocycles. The summed E-state index contributed by atoms with van der Waals surface area (Å²) in [7, 11) is 0. The summed E-state index contributed by atoms with van der Waals surface area (Å²) in [5, 5.41) is 16.7. The molecule has 1 heterocycles. The topological polar surface area (TPSA) is 82.1 Å². The molecule has 17 heavy (non-hydrogen) atoms. The lowest BCUT2D eigenvalue weighted by atomic mass is 10.3. The van der Waals surface area contributed by atoms with Crippen molar-refractivity contribution in [3.63, 3.8) is 0 Å². The van der Waals surface area contributed by atoms with Gasteiger partial charge < -0.3 is 14.9 Å². The molecule has 0 unspecified atom stereocenters. The number of nitrogens with one attached hydrogen (secondary N) is 1. The second-order valence-corrected chi connectivity index (χ2v) is 4.19. The van der Waals surface area contributed by atoms with Crippen molar-refractivity contribution in [2.75, 3.05) is 5.32 Å². The van der Waals surface area contributed by atoms with E-state index < -0.39 is 5.95 Å². The minimum absolute atomic E-state index is 0.0677. The first kappa shape index (κ1) is 11.6. The predicted octanol–water partition coefficient (Wildman–Crippen LogP) is 0.437. The van der Waals surface area contributed by atoms with E-state index >= 15 is 0 Å². The lowest BCUT2D eigenvalue weighted by Gasteiger charge is -2.01. The molecule has 1 N–H and O–H groups in total. The van der Waals surface area contributed by atoms with Gasteiger partial charge in [-0.15, -0.1) is 0 Å². The van der Waals surface area contributed by atoms with Crippen LogP contribution < -0.4 is 15.1 Å². The number of rotatable bonds is 3. The van der Waals surface area contributed by atoms with E-state index in [4.69, 9.17) is 0 Å². The summed E-state index contributed by atoms with van der Waals surface area (Å²) in [4.78, 5) is 11.5. The van der Waals surface area contributed by atoms with Gasteiger partial charge in [0.15, 0.2) is 0 Å². The van der Waals surface area contributed by atoms with Crippen LogP contribution in [0.25, 0.3) is 0 Å². The van der Waals surface area contributed by atoms with Crippen molar-refractivity contribution in [1.29, 1.82) is 0 Å². The minimum Gasteiger partial charge on any atom is -0.539 e. The van der Waals surface area contributed by atoms with E-state index in [9.17, 15) is 9.90 Å². The summed E-state index contributed by atoms with van der Waals surface area (Å²) in [6.07, 6.45) is 1.11. The molecule has 0 fully saturated rings. The molecule has 0 spiro atoms. The fourth-order valence-corrected chi connectivity index (χ4v) is 1.48. The van der Waals surface area contributed by atoms with Gasteiger partial charge in [-0.05, 0) is 24.3 Å². The number of anilines is 1. The predicted molar refractivity (Wildman–Crippen MR) is 58.9 cm³/mol. The molecule has 0 aliphatic rings. The zero-order valence-electron chi connectivity index (χ0n) is 8.59. The van der Waals surface area contributed by atoms with Crippen molar-refractivity contribution in [1.82, 2.24) is 5.27 Å². The molecule has 88 valence electrons. The number of amides is 1. The van der Waals surface area contributed by atoms with Crippen LogP contribution in [0.4, 0.5) is 5.69 Å². The van der Waals surface area contributed by atoms with Crippen molar-refractivity contribution >= 4 is 27.5 Å². The van der Waals surface area contributed by atoms with Gasteiger partial charge in [0.2, 0.25) is 6.20 Å². The highest BCUT2D eigenvalue weighted by atomic mass is 79.9. The zero-order valence-corrected chi connectivity index (χ0v) is 10.2. The Kier molecular flexibility index (Phi) is 3.38. The Labute approximate surface area is 105 Å². The zero-order chi connectivity index (χ0) is 12.3. The highest BCUT2D eigenvalue weighted by molar-refractivity contribution is 9.10. The molecule has 2 aromatic rings. The number of hydrogen-bond donors (Lipinski definition) is 1. The normalized spacial score (nSPS) is 10.2. The van der Waals surface area contributed by atoms with E-state index in [2.05, 4.69) is 31.0 Å². The Morgan fingerprint density at radius 2 is 2.18 bits per heavy atom. The molecule has 1 aromatic carbocycles. The van der Waals surface area contributed by atoms with Gasteiger partial charge in [0.25, 0.3) is 12.5 Å². The van der Waals surface area contributed by atoms with E-state index in [0.29, 0.717) is 5.69 Å². The number of hydrogen-bond acceptors (Lipinski definition) is 4. The van der Waals surface area contributed by atoms with Gasteiger partial charge in [0.05, 0.1) is 5.27 Å². The van der Waals surface area contributed by atoms with E-state index in [0.717, 1.165) is 15.4 Å². The van der Waals surface area contributed by atoms with Crippen LogP contribution in [0.2, 0.25) is 0 Å². The van der Waals surface area contributed by atoms with E-state index in [-0.39, 0.29) is 12.5 Å². The van der Waals surface area contributed by atoms with Crippen molar-refractivity contribution < 1.29 is 19.1 Å². The fraction of sp³-hybridized carbons (Fsp3) is 0.100. The molecule has 0 atom stereocenters. The first-order valence-corrected chi connectivity index (χ1v) is 5.51. The molecule has 0 radical (unpaired) electrons.